The van der Waals surface area contributed by atoms with Crippen LogP contribution < -0.4 is 5.32 Å². The van der Waals surface area contributed by atoms with Crippen LogP contribution in [-0.4, -0.2) is 15.8 Å². The third-order valence-electron chi connectivity index (χ3n) is 2.69. The predicted octanol–water partition coefficient (Wildman–Crippen LogP) is 2.91. The number of aromatic nitrogens is 1. The first-order valence-corrected chi connectivity index (χ1v) is 6.74. The summed E-state index contributed by atoms with van der Waals surface area (Å²) in [4.78, 5) is 26.5. The van der Waals surface area contributed by atoms with E-state index in [-0.39, 0.29) is 11.6 Å². The second-order valence-corrected chi connectivity index (χ2v) is 5.39. The number of benzene rings is 1. The lowest BCUT2D eigenvalue weighted by Crippen LogP contribution is -2.04. The number of amides is 1. The van der Waals surface area contributed by atoms with Crippen molar-refractivity contribution in [1.82, 2.24) is 4.98 Å². The van der Waals surface area contributed by atoms with E-state index in [9.17, 15) is 14.9 Å². The van der Waals surface area contributed by atoms with E-state index < -0.39 is 4.92 Å². The van der Waals surface area contributed by atoms with E-state index in [0.717, 1.165) is 16.1 Å². The van der Waals surface area contributed by atoms with Gasteiger partial charge in [0.05, 0.1) is 10.6 Å². The molecule has 0 bridgehead atoms. The molecule has 0 aliphatic carbocycles. The molecule has 1 amide bonds. The number of nitrogens with zero attached hydrogens (tertiary/aromatic N) is 2. The molecule has 0 saturated carbocycles. The lowest BCUT2D eigenvalue weighted by Gasteiger charge is -1.99. The summed E-state index contributed by atoms with van der Waals surface area (Å²) in [6.07, 6.45) is 0.640. The molecular weight excluding hydrogens is 278 g/mol. The Bertz CT molecular complexity index is 649. The molecular formula is C13H13N3O3S. The second kappa shape index (κ2) is 5.79. The van der Waals surface area contributed by atoms with Crippen LogP contribution in [0.3, 0.4) is 0 Å². The Kier molecular flexibility index (Phi) is 4.09. The Balaban J connectivity index is 2.15. The lowest BCUT2D eigenvalue weighted by molar-refractivity contribution is -0.384. The zero-order valence-corrected chi connectivity index (χ0v) is 11.9. The molecule has 1 heterocycles. The molecule has 0 aliphatic rings. The van der Waals surface area contributed by atoms with Gasteiger partial charge in [0, 0.05) is 30.4 Å². The van der Waals surface area contributed by atoms with Gasteiger partial charge in [-0.2, -0.15) is 0 Å². The number of rotatable bonds is 4. The molecule has 7 heteroatoms. The summed E-state index contributed by atoms with van der Waals surface area (Å²) in [6, 6.07) is 6.44. The molecule has 1 aromatic carbocycles. The summed E-state index contributed by atoms with van der Waals surface area (Å²) in [6.45, 7) is 3.31. The number of nitro groups is 1. The Labute approximate surface area is 119 Å². The van der Waals surface area contributed by atoms with Gasteiger partial charge in [-0.1, -0.05) is 12.1 Å². The quantitative estimate of drug-likeness (QED) is 0.693. The second-order valence-electron chi connectivity index (χ2n) is 4.31. The van der Waals surface area contributed by atoms with Gasteiger partial charge in [-0.25, -0.2) is 4.98 Å². The number of hydrogen-bond donors (Lipinski definition) is 1. The molecule has 0 spiro atoms. The minimum Gasteiger partial charge on any atom is -0.302 e. The van der Waals surface area contributed by atoms with E-state index in [0.29, 0.717) is 11.6 Å². The van der Waals surface area contributed by atoms with E-state index in [1.54, 1.807) is 12.1 Å². The maximum Gasteiger partial charge on any atom is 0.269 e. The maximum absolute atomic E-state index is 11.0. The smallest absolute Gasteiger partial charge is 0.269 e. The van der Waals surface area contributed by atoms with Crippen molar-refractivity contribution in [2.24, 2.45) is 0 Å². The zero-order chi connectivity index (χ0) is 14.7. The van der Waals surface area contributed by atoms with Crippen LogP contribution in [0.4, 0.5) is 10.8 Å². The van der Waals surface area contributed by atoms with Crippen LogP contribution in [0.2, 0.25) is 0 Å². The standard InChI is InChI=1S/C13H13N3O3S/c1-8-12(20-13(14-8)15-9(2)17)7-10-3-5-11(6-4-10)16(18)19/h3-6H,7H2,1-2H3,(H,14,15,17). The molecule has 0 fully saturated rings. The molecule has 0 aliphatic heterocycles. The highest BCUT2D eigenvalue weighted by Gasteiger charge is 2.10. The van der Waals surface area contributed by atoms with Crippen molar-refractivity contribution in [3.63, 3.8) is 0 Å². The van der Waals surface area contributed by atoms with Crippen LogP contribution in [0.1, 0.15) is 23.1 Å². The predicted molar refractivity (Wildman–Crippen MR) is 77.1 cm³/mol. The fraction of sp³-hybridized carbons (Fsp3) is 0.231. The highest BCUT2D eigenvalue weighted by Crippen LogP contribution is 2.25. The minimum absolute atomic E-state index is 0.0775. The Morgan fingerprint density at radius 3 is 2.60 bits per heavy atom. The topological polar surface area (TPSA) is 85.1 Å². The zero-order valence-electron chi connectivity index (χ0n) is 11.0. The largest absolute Gasteiger partial charge is 0.302 e. The molecule has 0 saturated heterocycles. The van der Waals surface area contributed by atoms with Gasteiger partial charge < -0.3 is 5.32 Å². The number of carbonyl (C=O) groups excluding carboxylic acids is 1. The van der Waals surface area contributed by atoms with Gasteiger partial charge in [-0.3, -0.25) is 14.9 Å². The van der Waals surface area contributed by atoms with Crippen molar-refractivity contribution in [3.05, 3.63) is 50.5 Å². The first-order chi connectivity index (χ1) is 9.45. The SMILES string of the molecule is CC(=O)Nc1nc(C)c(Cc2ccc([N+](=O)[O-])cc2)s1. The average Bonchev–Trinajstić information content (AvgIpc) is 2.69. The molecule has 1 aromatic heterocycles. The van der Waals surface area contributed by atoms with E-state index in [4.69, 9.17) is 0 Å². The number of carbonyl (C=O) groups is 1. The van der Waals surface area contributed by atoms with Crippen LogP contribution in [0.5, 0.6) is 0 Å². The fourth-order valence-corrected chi connectivity index (χ4v) is 2.76. The first-order valence-electron chi connectivity index (χ1n) is 5.93. The Morgan fingerprint density at radius 1 is 1.40 bits per heavy atom. The van der Waals surface area contributed by atoms with Crippen LogP contribution in [-0.2, 0) is 11.2 Å². The highest BCUT2D eigenvalue weighted by molar-refractivity contribution is 7.15. The van der Waals surface area contributed by atoms with Gasteiger partial charge >= 0.3 is 0 Å². The monoisotopic (exact) mass is 291 g/mol. The fourth-order valence-electron chi connectivity index (χ4n) is 1.72. The first kappa shape index (κ1) is 14.1. The van der Waals surface area contributed by atoms with Gasteiger partial charge in [0.25, 0.3) is 5.69 Å². The molecule has 2 aromatic rings. The molecule has 2 rings (SSSR count). The average molecular weight is 291 g/mol. The summed E-state index contributed by atoms with van der Waals surface area (Å²) in [5, 5.41) is 13.8. The van der Waals surface area contributed by atoms with Gasteiger partial charge in [-0.05, 0) is 12.5 Å². The van der Waals surface area contributed by atoms with Crippen molar-refractivity contribution in [2.45, 2.75) is 20.3 Å². The van der Waals surface area contributed by atoms with Gasteiger partial charge in [0.2, 0.25) is 5.91 Å². The summed E-state index contributed by atoms with van der Waals surface area (Å²) in [5.41, 5.74) is 1.91. The number of aryl methyl sites for hydroxylation is 1. The molecule has 6 nitrogen and oxygen atoms in total. The van der Waals surface area contributed by atoms with Crippen LogP contribution in [0.15, 0.2) is 24.3 Å². The maximum atomic E-state index is 11.0. The number of non-ortho nitro benzene ring substituents is 1. The van der Waals surface area contributed by atoms with Crippen LogP contribution in [0, 0.1) is 17.0 Å². The van der Waals surface area contributed by atoms with E-state index in [1.807, 2.05) is 6.92 Å². The molecule has 0 unspecified atom stereocenters. The van der Waals surface area contributed by atoms with Crippen molar-refractivity contribution in [1.29, 1.82) is 0 Å². The molecule has 104 valence electrons. The van der Waals surface area contributed by atoms with Crippen molar-refractivity contribution in [2.75, 3.05) is 5.32 Å². The summed E-state index contributed by atoms with van der Waals surface area (Å²) in [7, 11) is 0. The van der Waals surface area contributed by atoms with Crippen LogP contribution >= 0.6 is 11.3 Å². The normalized spacial score (nSPS) is 10.3. The number of hydrogen-bond acceptors (Lipinski definition) is 5. The molecule has 0 atom stereocenters. The van der Waals surface area contributed by atoms with E-state index >= 15 is 0 Å². The van der Waals surface area contributed by atoms with Crippen LogP contribution in [0.25, 0.3) is 0 Å². The van der Waals surface area contributed by atoms with Crippen molar-refractivity contribution in [3.8, 4) is 0 Å². The Hall–Kier alpha value is -2.28. The lowest BCUT2D eigenvalue weighted by atomic mass is 10.1. The third kappa shape index (κ3) is 3.39. The van der Waals surface area contributed by atoms with Crippen molar-refractivity contribution < 1.29 is 9.72 Å². The third-order valence-corrected chi connectivity index (χ3v) is 3.76. The highest BCUT2D eigenvalue weighted by atomic mass is 32.1. The molecule has 1 N–H and O–H groups in total. The van der Waals surface area contributed by atoms with E-state index in [1.165, 1.54) is 30.4 Å². The number of anilines is 1. The summed E-state index contributed by atoms with van der Waals surface area (Å²) in [5.74, 6) is -0.152. The summed E-state index contributed by atoms with van der Waals surface area (Å²) < 4.78 is 0. The molecule has 20 heavy (non-hydrogen) atoms. The number of thiazole rings is 1. The van der Waals surface area contributed by atoms with Crippen molar-refractivity contribution >= 4 is 28.1 Å². The Morgan fingerprint density at radius 2 is 2.05 bits per heavy atom. The number of nitrogens with one attached hydrogen (secondary N) is 1. The van der Waals surface area contributed by atoms with Gasteiger partial charge in [0.1, 0.15) is 0 Å². The van der Waals surface area contributed by atoms with Gasteiger partial charge in [0.15, 0.2) is 5.13 Å². The minimum atomic E-state index is -0.420. The van der Waals surface area contributed by atoms with Gasteiger partial charge in [-0.15, -0.1) is 11.3 Å². The molecule has 0 radical (unpaired) electrons. The summed E-state index contributed by atoms with van der Waals surface area (Å²) >= 11 is 1.42. The number of nitro benzene ring substituents is 1. The van der Waals surface area contributed by atoms with E-state index in [2.05, 4.69) is 10.3 Å².